The van der Waals surface area contributed by atoms with Crippen molar-refractivity contribution in [2.24, 2.45) is 5.73 Å². The lowest BCUT2D eigenvalue weighted by Gasteiger charge is -2.08. The molecule has 0 aromatic carbocycles. The van der Waals surface area contributed by atoms with Crippen LogP contribution in [0.15, 0.2) is 0 Å². The lowest BCUT2D eigenvalue weighted by molar-refractivity contribution is 0.834. The Balaban J connectivity index is 3.14. The Hall–Kier alpha value is 0.660. The first-order chi connectivity index (χ1) is 3.18. The molecule has 0 saturated heterocycles. The van der Waals surface area contributed by atoms with Crippen LogP contribution in [0.25, 0.3) is 0 Å². The van der Waals surface area contributed by atoms with E-state index in [2.05, 4.69) is 32.2 Å². The Morgan fingerprint density at radius 3 is 2.00 bits per heavy atom. The molecule has 0 aliphatic carbocycles. The summed E-state index contributed by atoms with van der Waals surface area (Å²) in [6, 6.07) is 0. The molecule has 7 heavy (non-hydrogen) atoms. The Morgan fingerprint density at radius 1 is 1.57 bits per heavy atom. The molecule has 2 unspecified atom stereocenters. The van der Waals surface area contributed by atoms with E-state index in [0.717, 1.165) is 6.42 Å². The van der Waals surface area contributed by atoms with Gasteiger partial charge < -0.3 is 5.73 Å². The molecule has 0 rings (SSSR count). The van der Waals surface area contributed by atoms with Crippen LogP contribution in [0.3, 0.4) is 0 Å². The largest absolute Gasteiger partial charge is 0.319 e. The molecule has 0 spiro atoms. The molecule has 0 heterocycles. The molecule has 43 valence electrons. The molecule has 0 aromatic rings. The Kier molecular flexibility index (Phi) is 3.98. The van der Waals surface area contributed by atoms with Crippen molar-refractivity contribution in [1.82, 2.24) is 0 Å². The Labute approximate surface area is 55.5 Å². The van der Waals surface area contributed by atoms with E-state index in [-0.39, 0.29) is 10.6 Å². The van der Waals surface area contributed by atoms with Crippen molar-refractivity contribution in [2.45, 2.75) is 17.0 Å². The van der Waals surface area contributed by atoms with Crippen LogP contribution in [-0.4, -0.2) is 10.6 Å². The van der Waals surface area contributed by atoms with Crippen LogP contribution in [0.5, 0.6) is 0 Å². The fraction of sp³-hybridized carbons (Fsp3) is 0.750. The molecule has 0 fully saturated rings. The molecule has 0 bridgehead atoms. The number of hydrogen-bond donors (Lipinski definition) is 3. The quantitative estimate of drug-likeness (QED) is 0.378. The summed E-state index contributed by atoms with van der Waals surface area (Å²) >= 11 is 8.00. The van der Waals surface area contributed by atoms with Gasteiger partial charge in [-0.05, 0) is 6.42 Å². The van der Waals surface area contributed by atoms with Gasteiger partial charge in [0.1, 0.15) is 0 Å². The summed E-state index contributed by atoms with van der Waals surface area (Å²) in [4.78, 5) is 0. The van der Waals surface area contributed by atoms with Gasteiger partial charge in [0.15, 0.2) is 0 Å². The number of hydrogen-bond acceptors (Lipinski definition) is 3. The summed E-state index contributed by atoms with van der Waals surface area (Å²) in [5.74, 6) is 0. The molecular weight excluding hydrogens is 126 g/mol. The first kappa shape index (κ1) is 7.66. The maximum Gasteiger partial charge on any atom is 0.0595 e. The zero-order valence-electron chi connectivity index (χ0n) is 4.04. The van der Waals surface area contributed by atoms with Crippen LogP contribution in [0.2, 0.25) is 0 Å². The van der Waals surface area contributed by atoms with Crippen LogP contribution < -0.4 is 5.73 Å². The third kappa shape index (κ3) is 3.26. The average molecular weight is 136 g/mol. The first-order valence-electron chi connectivity index (χ1n) is 2.09. The van der Waals surface area contributed by atoms with Gasteiger partial charge in [-0.15, -0.1) is 0 Å². The van der Waals surface area contributed by atoms with Gasteiger partial charge in [0.05, 0.1) is 5.37 Å². The SMILES string of the molecule is [CH2]CC(S)C(N)S. The molecule has 1 nitrogen and oxygen atoms in total. The molecule has 1 radical (unpaired) electrons. The van der Waals surface area contributed by atoms with E-state index in [0.29, 0.717) is 0 Å². The smallest absolute Gasteiger partial charge is 0.0595 e. The van der Waals surface area contributed by atoms with Crippen LogP contribution in [0.1, 0.15) is 6.42 Å². The van der Waals surface area contributed by atoms with E-state index in [1.807, 2.05) is 0 Å². The first-order valence-corrected chi connectivity index (χ1v) is 3.12. The molecule has 0 amide bonds. The molecule has 0 saturated carbocycles. The van der Waals surface area contributed by atoms with E-state index in [4.69, 9.17) is 5.73 Å². The Bertz CT molecular complexity index is 47.0. The van der Waals surface area contributed by atoms with Gasteiger partial charge in [0, 0.05) is 5.25 Å². The van der Waals surface area contributed by atoms with Crippen molar-refractivity contribution < 1.29 is 0 Å². The molecule has 0 aromatic heterocycles. The molecule has 3 heteroatoms. The third-order valence-electron chi connectivity index (χ3n) is 0.690. The minimum absolute atomic E-state index is 0.128. The standard InChI is InChI=1S/C4H10NS2/c1-2-3(6)4(5)7/h3-4,6-7H,1-2,5H2. The van der Waals surface area contributed by atoms with Gasteiger partial charge in [0.25, 0.3) is 0 Å². The summed E-state index contributed by atoms with van der Waals surface area (Å²) in [6.45, 7) is 3.60. The van der Waals surface area contributed by atoms with E-state index in [9.17, 15) is 0 Å². The van der Waals surface area contributed by atoms with E-state index < -0.39 is 0 Å². The van der Waals surface area contributed by atoms with E-state index >= 15 is 0 Å². The Morgan fingerprint density at radius 2 is 2.00 bits per heavy atom. The predicted molar refractivity (Wildman–Crippen MR) is 39.7 cm³/mol. The second-order valence-electron chi connectivity index (χ2n) is 1.35. The monoisotopic (exact) mass is 136 g/mol. The van der Waals surface area contributed by atoms with E-state index in [1.54, 1.807) is 0 Å². The normalized spacial score (nSPS) is 18.9. The van der Waals surface area contributed by atoms with Crippen molar-refractivity contribution >= 4 is 25.3 Å². The van der Waals surface area contributed by atoms with Crippen LogP contribution in [-0.2, 0) is 0 Å². The highest BCUT2D eigenvalue weighted by Crippen LogP contribution is 2.05. The maximum atomic E-state index is 5.29. The van der Waals surface area contributed by atoms with Crippen LogP contribution in [0, 0.1) is 6.92 Å². The minimum atomic E-state index is -0.138. The highest BCUT2D eigenvalue weighted by molar-refractivity contribution is 7.85. The maximum absolute atomic E-state index is 5.29. The summed E-state index contributed by atoms with van der Waals surface area (Å²) in [5, 5.41) is -0.0100. The van der Waals surface area contributed by atoms with Crippen molar-refractivity contribution in [3.05, 3.63) is 6.92 Å². The van der Waals surface area contributed by atoms with Gasteiger partial charge in [-0.1, -0.05) is 6.92 Å². The van der Waals surface area contributed by atoms with Crippen molar-refractivity contribution in [3.8, 4) is 0 Å². The second-order valence-corrected chi connectivity index (χ2v) is 2.61. The van der Waals surface area contributed by atoms with Gasteiger partial charge >= 0.3 is 0 Å². The van der Waals surface area contributed by atoms with Gasteiger partial charge in [-0.3, -0.25) is 0 Å². The van der Waals surface area contributed by atoms with Crippen molar-refractivity contribution in [2.75, 3.05) is 0 Å². The fourth-order valence-electron chi connectivity index (χ4n) is 0.171. The van der Waals surface area contributed by atoms with Crippen LogP contribution >= 0.6 is 25.3 Å². The number of thiol groups is 2. The highest BCUT2D eigenvalue weighted by atomic mass is 32.1. The lowest BCUT2D eigenvalue weighted by atomic mass is 10.3. The van der Waals surface area contributed by atoms with Gasteiger partial charge in [0.2, 0.25) is 0 Å². The van der Waals surface area contributed by atoms with E-state index in [1.165, 1.54) is 0 Å². The highest BCUT2D eigenvalue weighted by Gasteiger charge is 2.03. The number of rotatable bonds is 2. The third-order valence-corrected chi connectivity index (χ3v) is 1.86. The summed E-state index contributed by atoms with van der Waals surface area (Å²) in [5.41, 5.74) is 5.29. The topological polar surface area (TPSA) is 26.0 Å². The van der Waals surface area contributed by atoms with Crippen molar-refractivity contribution in [1.29, 1.82) is 0 Å². The number of nitrogens with two attached hydrogens (primary N) is 1. The summed E-state index contributed by atoms with van der Waals surface area (Å²) < 4.78 is 0. The second kappa shape index (κ2) is 3.64. The fourth-order valence-corrected chi connectivity index (χ4v) is 0.320. The zero-order chi connectivity index (χ0) is 5.86. The van der Waals surface area contributed by atoms with Crippen molar-refractivity contribution in [3.63, 3.8) is 0 Å². The molecule has 0 aliphatic rings. The molecule has 2 atom stereocenters. The summed E-state index contributed by atoms with van der Waals surface area (Å²) in [7, 11) is 0. The molecule has 2 N–H and O–H groups in total. The lowest BCUT2D eigenvalue weighted by Crippen LogP contribution is -2.23. The molecule has 0 aliphatic heterocycles. The average Bonchev–Trinajstić information content (AvgIpc) is 1.65. The van der Waals surface area contributed by atoms with Gasteiger partial charge in [-0.25, -0.2) is 0 Å². The summed E-state index contributed by atoms with van der Waals surface area (Å²) in [6.07, 6.45) is 0.730. The van der Waals surface area contributed by atoms with Crippen LogP contribution in [0.4, 0.5) is 0 Å². The van der Waals surface area contributed by atoms with Gasteiger partial charge in [-0.2, -0.15) is 25.3 Å². The molecular formula is C4H10NS2. The minimum Gasteiger partial charge on any atom is -0.319 e. The zero-order valence-corrected chi connectivity index (χ0v) is 5.83. The predicted octanol–water partition coefficient (Wildman–Crippen LogP) is 0.724.